The molecule has 128 valence electrons. The Morgan fingerprint density at radius 1 is 1.05 bits per heavy atom. The van der Waals surface area contributed by atoms with Gasteiger partial charge in [0.2, 0.25) is 0 Å². The minimum absolute atomic E-state index is 0. The van der Waals surface area contributed by atoms with E-state index < -0.39 is 0 Å². The van der Waals surface area contributed by atoms with Crippen molar-refractivity contribution >= 4 is 24.8 Å². The molecule has 0 radical (unpaired) electrons. The number of hydrogen-bond donors (Lipinski definition) is 1. The van der Waals surface area contributed by atoms with Crippen molar-refractivity contribution in [1.29, 1.82) is 0 Å². The second-order valence-corrected chi connectivity index (χ2v) is 6.10. The van der Waals surface area contributed by atoms with Gasteiger partial charge in [-0.3, -0.25) is 4.90 Å². The maximum Gasteiger partial charge on any atom is 0.0354 e. The summed E-state index contributed by atoms with van der Waals surface area (Å²) in [7, 11) is 0. The summed E-state index contributed by atoms with van der Waals surface area (Å²) in [5, 5.41) is 3.48. The molecule has 2 nitrogen and oxygen atoms in total. The fourth-order valence-electron chi connectivity index (χ4n) is 3.44. The minimum atomic E-state index is 0. The van der Waals surface area contributed by atoms with Gasteiger partial charge in [0.1, 0.15) is 0 Å². The number of hydrogen-bond acceptors (Lipinski definition) is 2. The van der Waals surface area contributed by atoms with E-state index in [1.165, 1.54) is 49.9 Å². The molecule has 1 heterocycles. The standard InChI is InChI=1S/C18H30N2.2ClH/c1-4-5-6-10-17(20-13-11-19-12-14-20)18-15(2)8-7-9-16(18)3;;/h7-9,17,19H,4-6,10-14H2,1-3H3;2*1H/t17-;;/m0../s1. The maximum absolute atomic E-state index is 3.48. The van der Waals surface area contributed by atoms with Crippen LogP contribution in [-0.4, -0.2) is 31.1 Å². The SMILES string of the molecule is CCCCC[C@@H](c1c(C)cccc1C)N1CCNCC1.Cl.Cl. The van der Waals surface area contributed by atoms with Crippen molar-refractivity contribution in [1.82, 2.24) is 10.2 Å². The van der Waals surface area contributed by atoms with E-state index in [4.69, 9.17) is 0 Å². The van der Waals surface area contributed by atoms with E-state index in [-0.39, 0.29) is 24.8 Å². The molecule has 1 aliphatic heterocycles. The zero-order chi connectivity index (χ0) is 14.4. The predicted molar refractivity (Wildman–Crippen MR) is 102 cm³/mol. The molecule has 2 rings (SSSR count). The highest BCUT2D eigenvalue weighted by molar-refractivity contribution is 5.85. The number of nitrogens with one attached hydrogen (secondary N) is 1. The van der Waals surface area contributed by atoms with Crippen molar-refractivity contribution in [3.8, 4) is 0 Å². The van der Waals surface area contributed by atoms with Gasteiger partial charge in [0.25, 0.3) is 0 Å². The minimum Gasteiger partial charge on any atom is -0.314 e. The van der Waals surface area contributed by atoms with Crippen LogP contribution in [0.5, 0.6) is 0 Å². The van der Waals surface area contributed by atoms with Crippen LogP contribution in [0.3, 0.4) is 0 Å². The van der Waals surface area contributed by atoms with Crippen LogP contribution in [0.1, 0.15) is 55.3 Å². The number of benzene rings is 1. The van der Waals surface area contributed by atoms with Gasteiger partial charge in [-0.2, -0.15) is 0 Å². The van der Waals surface area contributed by atoms with Gasteiger partial charge in [-0.05, 0) is 37.0 Å². The lowest BCUT2D eigenvalue weighted by Gasteiger charge is -2.37. The lowest BCUT2D eigenvalue weighted by molar-refractivity contribution is 0.162. The molecule has 22 heavy (non-hydrogen) atoms. The largest absolute Gasteiger partial charge is 0.314 e. The summed E-state index contributed by atoms with van der Waals surface area (Å²) in [6.45, 7) is 11.5. The lowest BCUT2D eigenvalue weighted by atomic mass is 9.91. The Labute approximate surface area is 148 Å². The van der Waals surface area contributed by atoms with Crippen LogP contribution in [0.15, 0.2) is 18.2 Å². The van der Waals surface area contributed by atoms with Gasteiger partial charge in [0.05, 0.1) is 0 Å². The van der Waals surface area contributed by atoms with E-state index in [9.17, 15) is 0 Å². The van der Waals surface area contributed by atoms with E-state index in [1.54, 1.807) is 5.56 Å². The van der Waals surface area contributed by atoms with Crippen molar-refractivity contribution < 1.29 is 0 Å². The summed E-state index contributed by atoms with van der Waals surface area (Å²) in [6, 6.07) is 7.36. The molecule has 1 N–H and O–H groups in total. The summed E-state index contributed by atoms with van der Waals surface area (Å²) < 4.78 is 0. The normalized spacial score (nSPS) is 16.5. The smallest absolute Gasteiger partial charge is 0.0354 e. The van der Waals surface area contributed by atoms with E-state index in [2.05, 4.69) is 49.2 Å². The molecule has 0 spiro atoms. The zero-order valence-corrected chi connectivity index (χ0v) is 15.9. The molecule has 1 saturated heterocycles. The van der Waals surface area contributed by atoms with Gasteiger partial charge in [0, 0.05) is 32.2 Å². The first-order valence-electron chi connectivity index (χ1n) is 8.25. The van der Waals surface area contributed by atoms with Crippen LogP contribution in [0.2, 0.25) is 0 Å². The Kier molecular flexibility index (Phi) is 11.1. The van der Waals surface area contributed by atoms with E-state index in [1.807, 2.05) is 0 Å². The average molecular weight is 347 g/mol. The van der Waals surface area contributed by atoms with Gasteiger partial charge < -0.3 is 5.32 Å². The molecule has 1 aromatic rings. The van der Waals surface area contributed by atoms with Crippen LogP contribution in [0, 0.1) is 13.8 Å². The number of nitrogens with zero attached hydrogens (tertiary/aromatic N) is 1. The van der Waals surface area contributed by atoms with Gasteiger partial charge in [-0.25, -0.2) is 0 Å². The summed E-state index contributed by atoms with van der Waals surface area (Å²) in [5.41, 5.74) is 4.51. The van der Waals surface area contributed by atoms with Crippen LogP contribution >= 0.6 is 24.8 Å². The predicted octanol–water partition coefficient (Wildman–Crippen LogP) is 4.67. The van der Waals surface area contributed by atoms with Gasteiger partial charge >= 0.3 is 0 Å². The number of rotatable bonds is 6. The third-order valence-electron chi connectivity index (χ3n) is 4.55. The van der Waals surface area contributed by atoms with E-state index in [0.717, 1.165) is 13.1 Å². The monoisotopic (exact) mass is 346 g/mol. The van der Waals surface area contributed by atoms with E-state index in [0.29, 0.717) is 6.04 Å². The molecule has 0 amide bonds. The molecule has 1 aliphatic rings. The van der Waals surface area contributed by atoms with Crippen molar-refractivity contribution in [2.75, 3.05) is 26.2 Å². The molecule has 0 unspecified atom stereocenters. The highest BCUT2D eigenvalue weighted by Crippen LogP contribution is 2.31. The Bertz CT molecular complexity index is 397. The Morgan fingerprint density at radius 3 is 2.18 bits per heavy atom. The van der Waals surface area contributed by atoms with Crippen molar-refractivity contribution in [2.45, 2.75) is 52.5 Å². The Hall–Kier alpha value is -0.280. The van der Waals surface area contributed by atoms with E-state index >= 15 is 0 Å². The second kappa shape index (κ2) is 11.3. The number of unbranched alkanes of at least 4 members (excludes halogenated alkanes) is 2. The fourth-order valence-corrected chi connectivity index (χ4v) is 3.44. The topological polar surface area (TPSA) is 15.3 Å². The molecule has 1 aromatic carbocycles. The van der Waals surface area contributed by atoms with Crippen LogP contribution in [0.4, 0.5) is 0 Å². The molecule has 0 aromatic heterocycles. The van der Waals surface area contributed by atoms with Crippen molar-refractivity contribution in [3.63, 3.8) is 0 Å². The van der Waals surface area contributed by atoms with Gasteiger partial charge in [-0.1, -0.05) is 44.4 Å². The number of piperazine rings is 1. The average Bonchev–Trinajstić information content (AvgIpc) is 2.46. The molecule has 1 atom stereocenters. The first-order chi connectivity index (χ1) is 9.74. The molecule has 4 heteroatoms. The highest BCUT2D eigenvalue weighted by Gasteiger charge is 2.24. The first-order valence-corrected chi connectivity index (χ1v) is 8.25. The summed E-state index contributed by atoms with van der Waals surface area (Å²) in [4.78, 5) is 2.70. The number of aryl methyl sites for hydroxylation is 2. The molecular weight excluding hydrogens is 315 g/mol. The number of halogens is 2. The summed E-state index contributed by atoms with van der Waals surface area (Å²) in [6.07, 6.45) is 5.31. The lowest BCUT2D eigenvalue weighted by Crippen LogP contribution is -2.45. The van der Waals surface area contributed by atoms with Crippen molar-refractivity contribution in [3.05, 3.63) is 34.9 Å². The highest BCUT2D eigenvalue weighted by atomic mass is 35.5. The first kappa shape index (κ1) is 21.7. The third-order valence-corrected chi connectivity index (χ3v) is 4.55. The summed E-state index contributed by atoms with van der Waals surface area (Å²) in [5.74, 6) is 0. The zero-order valence-electron chi connectivity index (χ0n) is 14.2. The molecule has 0 saturated carbocycles. The van der Waals surface area contributed by atoms with Crippen molar-refractivity contribution in [2.24, 2.45) is 0 Å². The quantitative estimate of drug-likeness (QED) is 0.752. The van der Waals surface area contributed by atoms with Crippen LogP contribution < -0.4 is 5.32 Å². The molecular formula is C18H32Cl2N2. The maximum atomic E-state index is 3.48. The molecule has 0 bridgehead atoms. The van der Waals surface area contributed by atoms with Crippen LogP contribution in [-0.2, 0) is 0 Å². The fraction of sp³-hybridized carbons (Fsp3) is 0.667. The Morgan fingerprint density at radius 2 is 1.64 bits per heavy atom. The van der Waals surface area contributed by atoms with Gasteiger partial charge in [0.15, 0.2) is 0 Å². The Balaban J connectivity index is 0.00000220. The van der Waals surface area contributed by atoms with Crippen LogP contribution in [0.25, 0.3) is 0 Å². The molecule has 1 fully saturated rings. The summed E-state index contributed by atoms with van der Waals surface area (Å²) >= 11 is 0. The third kappa shape index (κ3) is 5.73. The molecule has 0 aliphatic carbocycles. The van der Waals surface area contributed by atoms with Gasteiger partial charge in [-0.15, -0.1) is 24.8 Å². The second-order valence-electron chi connectivity index (χ2n) is 6.10.